The molecule has 0 amide bonds. The number of imidazole rings is 2. The summed E-state index contributed by atoms with van der Waals surface area (Å²) in [5.74, 6) is 0.630. The number of pyridine rings is 2. The van der Waals surface area contributed by atoms with Crippen molar-refractivity contribution in [3.63, 3.8) is 0 Å². The predicted octanol–water partition coefficient (Wildman–Crippen LogP) is 2.53. The molecule has 0 unspecified atom stereocenters. The third-order valence-electron chi connectivity index (χ3n) is 5.08. The van der Waals surface area contributed by atoms with E-state index in [4.69, 9.17) is 4.98 Å². The lowest BCUT2D eigenvalue weighted by Gasteiger charge is -2.01. The van der Waals surface area contributed by atoms with E-state index in [-0.39, 0.29) is 0 Å². The SMILES string of the molecule is C=C(/C=c1/c(-c2nc3nccc(-n4cnc(C)c4)c3[nH]2)n[nH]/c1=C/C)c1ccncc1. The van der Waals surface area contributed by atoms with Gasteiger partial charge in [-0.3, -0.25) is 10.1 Å². The number of aryl methyl sites for hydroxylation is 1. The Hall–Kier alpha value is -4.33. The summed E-state index contributed by atoms with van der Waals surface area (Å²) in [5, 5.41) is 9.41. The average molecular weight is 408 g/mol. The van der Waals surface area contributed by atoms with Crippen LogP contribution in [0.2, 0.25) is 0 Å². The van der Waals surface area contributed by atoms with Gasteiger partial charge in [0.25, 0.3) is 0 Å². The van der Waals surface area contributed by atoms with E-state index in [1.165, 1.54) is 0 Å². The molecule has 0 aliphatic rings. The number of H-pyrrole nitrogens is 2. The Kier molecular flexibility index (Phi) is 4.51. The fourth-order valence-corrected chi connectivity index (χ4v) is 3.51. The van der Waals surface area contributed by atoms with Crippen LogP contribution < -0.4 is 10.6 Å². The van der Waals surface area contributed by atoms with E-state index in [1.54, 1.807) is 24.9 Å². The molecule has 8 heteroatoms. The maximum atomic E-state index is 4.71. The molecular formula is C23H20N8. The normalized spacial score (nSPS) is 12.7. The maximum Gasteiger partial charge on any atom is 0.180 e. The molecule has 0 spiro atoms. The van der Waals surface area contributed by atoms with Crippen molar-refractivity contribution >= 4 is 28.9 Å². The van der Waals surface area contributed by atoms with Gasteiger partial charge in [0.05, 0.1) is 23.1 Å². The number of hydrogen-bond acceptors (Lipinski definition) is 5. The van der Waals surface area contributed by atoms with Crippen LogP contribution in [0.25, 0.3) is 46.1 Å². The van der Waals surface area contributed by atoms with Gasteiger partial charge in [-0.25, -0.2) is 15.0 Å². The minimum Gasteiger partial charge on any atom is -0.333 e. The van der Waals surface area contributed by atoms with Crippen molar-refractivity contribution in [3.05, 3.63) is 77.7 Å². The van der Waals surface area contributed by atoms with Gasteiger partial charge in [0, 0.05) is 30.0 Å². The highest BCUT2D eigenvalue weighted by atomic mass is 15.1. The average Bonchev–Trinajstić information content (AvgIpc) is 3.51. The monoisotopic (exact) mass is 408 g/mol. The van der Waals surface area contributed by atoms with Crippen LogP contribution in [-0.4, -0.2) is 39.7 Å². The third kappa shape index (κ3) is 3.33. The predicted molar refractivity (Wildman–Crippen MR) is 120 cm³/mol. The largest absolute Gasteiger partial charge is 0.333 e. The minimum absolute atomic E-state index is 0.614. The molecule has 0 aliphatic heterocycles. The molecule has 5 aromatic heterocycles. The highest BCUT2D eigenvalue weighted by Gasteiger charge is 2.15. The molecule has 0 saturated carbocycles. The van der Waals surface area contributed by atoms with Crippen LogP contribution in [0.4, 0.5) is 0 Å². The van der Waals surface area contributed by atoms with E-state index >= 15 is 0 Å². The summed E-state index contributed by atoms with van der Waals surface area (Å²) < 4.78 is 1.95. The molecular weight excluding hydrogens is 388 g/mol. The van der Waals surface area contributed by atoms with Crippen molar-refractivity contribution in [2.45, 2.75) is 13.8 Å². The quantitative estimate of drug-likeness (QED) is 0.476. The zero-order chi connectivity index (χ0) is 21.4. The number of aromatic nitrogens is 8. The Balaban J connectivity index is 1.68. The van der Waals surface area contributed by atoms with Crippen molar-refractivity contribution in [2.24, 2.45) is 0 Å². The van der Waals surface area contributed by atoms with E-state index in [9.17, 15) is 0 Å². The van der Waals surface area contributed by atoms with Crippen LogP contribution in [0.3, 0.4) is 0 Å². The fraction of sp³-hybridized carbons (Fsp3) is 0.0870. The fourth-order valence-electron chi connectivity index (χ4n) is 3.51. The molecule has 0 fully saturated rings. The molecule has 0 atom stereocenters. The summed E-state index contributed by atoms with van der Waals surface area (Å²) >= 11 is 0. The van der Waals surface area contributed by atoms with Gasteiger partial charge in [0.2, 0.25) is 0 Å². The van der Waals surface area contributed by atoms with Crippen molar-refractivity contribution in [3.8, 4) is 17.2 Å². The van der Waals surface area contributed by atoms with E-state index in [0.29, 0.717) is 17.2 Å². The van der Waals surface area contributed by atoms with Crippen LogP contribution in [-0.2, 0) is 0 Å². The number of rotatable bonds is 4. The highest BCUT2D eigenvalue weighted by molar-refractivity contribution is 5.88. The lowest BCUT2D eigenvalue weighted by atomic mass is 10.1. The molecule has 5 rings (SSSR count). The molecule has 152 valence electrons. The Morgan fingerprint density at radius 3 is 2.71 bits per heavy atom. The molecule has 2 N–H and O–H groups in total. The number of nitrogens with one attached hydrogen (secondary N) is 2. The van der Waals surface area contributed by atoms with Gasteiger partial charge in [-0.2, -0.15) is 5.10 Å². The van der Waals surface area contributed by atoms with Crippen molar-refractivity contribution < 1.29 is 0 Å². The van der Waals surface area contributed by atoms with Gasteiger partial charge in [0.1, 0.15) is 11.2 Å². The topological polar surface area (TPSA) is 101 Å². The van der Waals surface area contributed by atoms with Gasteiger partial charge in [0.15, 0.2) is 11.5 Å². The number of aromatic amines is 2. The molecule has 0 radical (unpaired) electrons. The summed E-state index contributed by atoms with van der Waals surface area (Å²) in [6.45, 7) is 8.13. The minimum atomic E-state index is 0.614. The summed E-state index contributed by atoms with van der Waals surface area (Å²) in [6.07, 6.45) is 13.0. The van der Waals surface area contributed by atoms with E-state index in [1.807, 2.05) is 55.0 Å². The van der Waals surface area contributed by atoms with Crippen LogP contribution in [0.15, 0.2) is 55.9 Å². The summed E-state index contributed by atoms with van der Waals surface area (Å²) in [6, 6.07) is 5.79. The highest BCUT2D eigenvalue weighted by Crippen LogP contribution is 2.22. The zero-order valence-electron chi connectivity index (χ0n) is 17.2. The molecule has 5 aromatic rings. The molecule has 8 nitrogen and oxygen atoms in total. The standard InChI is InChI=1S/C23H20N8/c1-4-18-17(11-14(2)16-5-8-24-9-6-16)20(30-29-18)23-27-21-19(7-10-25-22(21)28-23)31-12-15(3)26-13-31/h4-13,29H,2H2,1,3H3,(H,25,27,28)/b17-11+,18-4+. The van der Waals surface area contributed by atoms with Crippen molar-refractivity contribution in [1.29, 1.82) is 0 Å². The first-order valence-electron chi connectivity index (χ1n) is 9.82. The number of hydrogen-bond donors (Lipinski definition) is 2. The van der Waals surface area contributed by atoms with Gasteiger partial charge >= 0.3 is 0 Å². The van der Waals surface area contributed by atoms with Crippen LogP contribution in [0.1, 0.15) is 18.2 Å². The lowest BCUT2D eigenvalue weighted by Crippen LogP contribution is -2.23. The van der Waals surface area contributed by atoms with E-state index in [0.717, 1.165) is 38.6 Å². The molecule has 5 heterocycles. The smallest absolute Gasteiger partial charge is 0.180 e. The molecule has 0 bridgehead atoms. The molecule has 0 aromatic carbocycles. The van der Waals surface area contributed by atoms with Gasteiger partial charge < -0.3 is 9.55 Å². The summed E-state index contributed by atoms with van der Waals surface area (Å²) in [4.78, 5) is 20.9. The molecule has 0 aliphatic carbocycles. The summed E-state index contributed by atoms with van der Waals surface area (Å²) in [7, 11) is 0. The second-order valence-corrected chi connectivity index (χ2v) is 7.13. The Labute approximate surface area is 177 Å². The molecule has 31 heavy (non-hydrogen) atoms. The second kappa shape index (κ2) is 7.49. The first-order chi connectivity index (χ1) is 15.1. The van der Waals surface area contributed by atoms with Crippen molar-refractivity contribution in [2.75, 3.05) is 0 Å². The lowest BCUT2D eigenvalue weighted by molar-refractivity contribution is 1.05. The van der Waals surface area contributed by atoms with Crippen LogP contribution in [0.5, 0.6) is 0 Å². The van der Waals surface area contributed by atoms with Crippen LogP contribution >= 0.6 is 0 Å². The van der Waals surface area contributed by atoms with Gasteiger partial charge in [-0.1, -0.05) is 12.7 Å². The van der Waals surface area contributed by atoms with E-state index < -0.39 is 0 Å². The van der Waals surface area contributed by atoms with Gasteiger partial charge in [-0.05, 0) is 49.3 Å². The third-order valence-corrected chi connectivity index (χ3v) is 5.08. The number of fused-ring (bicyclic) bond motifs is 1. The Morgan fingerprint density at radius 1 is 1.13 bits per heavy atom. The first kappa shape index (κ1) is 18.7. The number of allylic oxidation sites excluding steroid dienone is 1. The number of nitrogens with zero attached hydrogens (tertiary/aromatic N) is 6. The molecule has 0 saturated heterocycles. The Morgan fingerprint density at radius 2 is 1.97 bits per heavy atom. The second-order valence-electron chi connectivity index (χ2n) is 7.13. The van der Waals surface area contributed by atoms with Crippen molar-refractivity contribution in [1.82, 2.24) is 39.7 Å². The zero-order valence-corrected chi connectivity index (χ0v) is 17.2. The maximum absolute atomic E-state index is 4.71. The van der Waals surface area contributed by atoms with Crippen LogP contribution in [0, 0.1) is 6.92 Å². The first-order valence-corrected chi connectivity index (χ1v) is 9.82. The Bertz CT molecular complexity index is 1520. The summed E-state index contributed by atoms with van der Waals surface area (Å²) in [5.41, 5.74) is 5.85. The van der Waals surface area contributed by atoms with E-state index in [2.05, 4.69) is 36.7 Å². The van der Waals surface area contributed by atoms with Gasteiger partial charge in [-0.15, -0.1) is 0 Å².